The van der Waals surface area contributed by atoms with Crippen LogP contribution in [0, 0.1) is 6.92 Å². The van der Waals surface area contributed by atoms with Gasteiger partial charge in [-0.25, -0.2) is 4.79 Å². The third kappa shape index (κ3) is 4.54. The predicted molar refractivity (Wildman–Crippen MR) is 103 cm³/mol. The molecule has 0 saturated carbocycles. The summed E-state index contributed by atoms with van der Waals surface area (Å²) in [5, 5.41) is 7.79. The van der Waals surface area contributed by atoms with Crippen LogP contribution in [0.25, 0.3) is 0 Å². The Morgan fingerprint density at radius 3 is 2.64 bits per heavy atom. The number of rotatable bonds is 3. The maximum Gasteiger partial charge on any atom is 0.321 e. The van der Waals surface area contributed by atoms with Crippen LogP contribution < -0.4 is 5.32 Å². The van der Waals surface area contributed by atoms with E-state index in [9.17, 15) is 4.79 Å². The quantitative estimate of drug-likeness (QED) is 0.817. The average molecular weight is 427 g/mol. The van der Waals surface area contributed by atoms with E-state index < -0.39 is 0 Å². The second kappa shape index (κ2) is 7.76. The predicted octanol–water partition coefficient (Wildman–Crippen LogP) is 3.49. The van der Waals surface area contributed by atoms with Crippen LogP contribution in [0.2, 0.25) is 5.02 Å². The molecule has 1 aromatic heterocycles. The van der Waals surface area contributed by atoms with E-state index in [2.05, 4.69) is 37.4 Å². The van der Waals surface area contributed by atoms with Crippen molar-refractivity contribution in [3.63, 3.8) is 0 Å². The minimum absolute atomic E-state index is 0.110. The molecule has 3 rings (SSSR count). The molecule has 25 heavy (non-hydrogen) atoms. The first-order chi connectivity index (χ1) is 11.9. The Bertz CT molecular complexity index is 770. The van der Waals surface area contributed by atoms with E-state index in [-0.39, 0.29) is 6.03 Å². The molecule has 134 valence electrons. The Morgan fingerprint density at radius 2 is 2.04 bits per heavy atom. The third-order valence-electron chi connectivity index (χ3n) is 4.34. The van der Waals surface area contributed by atoms with Crippen molar-refractivity contribution >= 4 is 39.2 Å². The highest BCUT2D eigenvalue weighted by Gasteiger charge is 2.22. The van der Waals surface area contributed by atoms with E-state index >= 15 is 0 Å². The first-order valence-electron chi connectivity index (χ1n) is 8.15. The standard InChI is InChI=1S/C17H21BrClN5O/c1-12-13(10-22(2)21-12)11-23-5-7-24(8-6-23)17(25)20-16-4-3-14(18)9-15(16)19/h3-4,9-10H,5-8,11H2,1-2H3,(H,20,25). The van der Waals surface area contributed by atoms with E-state index in [1.807, 2.05) is 29.6 Å². The zero-order chi connectivity index (χ0) is 18.0. The van der Waals surface area contributed by atoms with E-state index in [1.54, 1.807) is 12.1 Å². The number of anilines is 1. The van der Waals surface area contributed by atoms with Gasteiger partial charge in [-0.2, -0.15) is 5.10 Å². The topological polar surface area (TPSA) is 53.4 Å². The molecule has 0 aliphatic carbocycles. The lowest BCUT2D eigenvalue weighted by molar-refractivity contribution is 0.143. The Labute approximate surface area is 160 Å². The fraction of sp³-hybridized carbons (Fsp3) is 0.412. The number of benzene rings is 1. The van der Waals surface area contributed by atoms with Crippen LogP contribution in [0.5, 0.6) is 0 Å². The maximum atomic E-state index is 12.4. The van der Waals surface area contributed by atoms with Gasteiger partial charge in [0.25, 0.3) is 0 Å². The number of nitrogens with one attached hydrogen (secondary N) is 1. The first-order valence-corrected chi connectivity index (χ1v) is 9.32. The molecule has 6 nitrogen and oxygen atoms in total. The molecule has 0 atom stereocenters. The van der Waals surface area contributed by atoms with Gasteiger partial charge in [0.05, 0.1) is 16.4 Å². The van der Waals surface area contributed by atoms with Gasteiger partial charge in [0.15, 0.2) is 0 Å². The van der Waals surface area contributed by atoms with Crippen LogP contribution in [-0.4, -0.2) is 51.8 Å². The highest BCUT2D eigenvalue weighted by atomic mass is 79.9. The summed E-state index contributed by atoms with van der Waals surface area (Å²) in [6, 6.07) is 5.31. The highest BCUT2D eigenvalue weighted by molar-refractivity contribution is 9.10. The van der Waals surface area contributed by atoms with Crippen molar-refractivity contribution in [3.8, 4) is 0 Å². The smallest absolute Gasteiger partial charge is 0.321 e. The molecule has 0 radical (unpaired) electrons. The van der Waals surface area contributed by atoms with Gasteiger partial charge >= 0.3 is 6.03 Å². The van der Waals surface area contributed by atoms with Crippen molar-refractivity contribution in [2.45, 2.75) is 13.5 Å². The van der Waals surface area contributed by atoms with Crippen LogP contribution in [0.15, 0.2) is 28.9 Å². The van der Waals surface area contributed by atoms with Gasteiger partial charge in [-0.1, -0.05) is 27.5 Å². The number of aromatic nitrogens is 2. The molecular weight excluding hydrogens is 406 g/mol. The molecule has 2 aromatic rings. The summed E-state index contributed by atoms with van der Waals surface area (Å²) in [6.07, 6.45) is 2.06. The van der Waals surface area contributed by atoms with Gasteiger partial charge in [-0.05, 0) is 25.1 Å². The number of hydrogen-bond donors (Lipinski definition) is 1. The van der Waals surface area contributed by atoms with Gasteiger partial charge in [-0.3, -0.25) is 9.58 Å². The highest BCUT2D eigenvalue weighted by Crippen LogP contribution is 2.26. The summed E-state index contributed by atoms with van der Waals surface area (Å²) in [5.74, 6) is 0. The third-order valence-corrected chi connectivity index (χ3v) is 5.15. The van der Waals surface area contributed by atoms with Gasteiger partial charge < -0.3 is 10.2 Å². The van der Waals surface area contributed by atoms with Crippen LogP contribution in [0.1, 0.15) is 11.3 Å². The molecule has 1 aromatic carbocycles. The largest absolute Gasteiger partial charge is 0.322 e. The lowest BCUT2D eigenvalue weighted by atomic mass is 10.2. The lowest BCUT2D eigenvalue weighted by Gasteiger charge is -2.34. The van der Waals surface area contributed by atoms with Crippen molar-refractivity contribution in [1.82, 2.24) is 19.6 Å². The zero-order valence-electron chi connectivity index (χ0n) is 14.3. The second-order valence-corrected chi connectivity index (χ2v) is 7.55. The van der Waals surface area contributed by atoms with Gasteiger partial charge in [0.2, 0.25) is 0 Å². The Morgan fingerprint density at radius 1 is 1.32 bits per heavy atom. The summed E-state index contributed by atoms with van der Waals surface area (Å²) < 4.78 is 2.73. The van der Waals surface area contributed by atoms with Crippen LogP contribution in [0.4, 0.5) is 10.5 Å². The average Bonchev–Trinajstić information content (AvgIpc) is 2.88. The maximum absolute atomic E-state index is 12.4. The lowest BCUT2D eigenvalue weighted by Crippen LogP contribution is -2.49. The van der Waals surface area contributed by atoms with Gasteiger partial charge in [0, 0.05) is 56.0 Å². The summed E-state index contributed by atoms with van der Waals surface area (Å²) in [7, 11) is 1.94. The molecule has 0 spiro atoms. The van der Waals surface area contributed by atoms with Crippen molar-refractivity contribution < 1.29 is 4.79 Å². The van der Waals surface area contributed by atoms with Crippen LogP contribution in [0.3, 0.4) is 0 Å². The van der Waals surface area contributed by atoms with Crippen LogP contribution >= 0.6 is 27.5 Å². The molecule has 2 amide bonds. The molecule has 1 N–H and O–H groups in total. The first kappa shape index (κ1) is 18.2. The van der Waals surface area contributed by atoms with Gasteiger partial charge in [-0.15, -0.1) is 0 Å². The molecule has 1 aliphatic rings. The van der Waals surface area contributed by atoms with E-state index in [0.29, 0.717) is 23.8 Å². The fourth-order valence-corrected chi connectivity index (χ4v) is 3.66. The zero-order valence-corrected chi connectivity index (χ0v) is 16.6. The molecule has 0 unspecified atom stereocenters. The minimum atomic E-state index is -0.110. The number of hydrogen-bond acceptors (Lipinski definition) is 3. The van der Waals surface area contributed by atoms with Crippen LogP contribution in [-0.2, 0) is 13.6 Å². The Balaban J connectivity index is 1.53. The molecule has 8 heteroatoms. The summed E-state index contributed by atoms with van der Waals surface area (Å²) in [5.41, 5.74) is 2.93. The van der Waals surface area contributed by atoms with E-state index in [0.717, 1.165) is 29.8 Å². The molecule has 1 fully saturated rings. The van der Waals surface area contributed by atoms with Crippen molar-refractivity contribution in [3.05, 3.63) is 45.1 Å². The number of urea groups is 1. The van der Waals surface area contributed by atoms with Crippen molar-refractivity contribution in [1.29, 1.82) is 0 Å². The second-order valence-electron chi connectivity index (χ2n) is 6.23. The Hall–Kier alpha value is -1.57. The minimum Gasteiger partial charge on any atom is -0.322 e. The molecule has 1 saturated heterocycles. The monoisotopic (exact) mass is 425 g/mol. The number of aryl methyl sites for hydroxylation is 2. The molecule has 0 bridgehead atoms. The number of amides is 2. The molecule has 1 aliphatic heterocycles. The fourth-order valence-electron chi connectivity index (χ4n) is 2.94. The number of carbonyl (C=O) groups is 1. The Kier molecular flexibility index (Phi) is 5.66. The van der Waals surface area contributed by atoms with Gasteiger partial charge in [0.1, 0.15) is 0 Å². The number of piperazine rings is 1. The van der Waals surface area contributed by atoms with Crippen molar-refractivity contribution in [2.24, 2.45) is 7.05 Å². The normalized spacial score (nSPS) is 15.4. The van der Waals surface area contributed by atoms with Crippen molar-refractivity contribution in [2.75, 3.05) is 31.5 Å². The van der Waals surface area contributed by atoms with E-state index in [4.69, 9.17) is 11.6 Å². The molecule has 2 heterocycles. The summed E-state index contributed by atoms with van der Waals surface area (Å²) in [4.78, 5) is 16.6. The molecular formula is C17H21BrClN5O. The van der Waals surface area contributed by atoms with E-state index in [1.165, 1.54) is 5.56 Å². The summed E-state index contributed by atoms with van der Waals surface area (Å²) >= 11 is 9.52. The number of carbonyl (C=O) groups excluding carboxylic acids is 1. The summed E-state index contributed by atoms with van der Waals surface area (Å²) in [6.45, 7) is 5.97. The number of halogens is 2. The number of nitrogens with zero attached hydrogens (tertiary/aromatic N) is 4. The SMILES string of the molecule is Cc1nn(C)cc1CN1CCN(C(=O)Nc2ccc(Br)cc2Cl)CC1.